The summed E-state index contributed by atoms with van der Waals surface area (Å²) < 4.78 is 7.55. The molecule has 24 heavy (non-hydrogen) atoms. The minimum absolute atomic E-state index is 0.00331. The van der Waals surface area contributed by atoms with Crippen molar-refractivity contribution in [1.29, 1.82) is 0 Å². The fourth-order valence-corrected chi connectivity index (χ4v) is 2.70. The predicted octanol–water partition coefficient (Wildman–Crippen LogP) is 3.11. The van der Waals surface area contributed by atoms with Crippen LogP contribution in [0.5, 0.6) is 0 Å². The van der Waals surface area contributed by atoms with Crippen LogP contribution in [-0.2, 0) is 11.8 Å². The number of nitrogens with zero attached hydrogens (tertiary/aromatic N) is 3. The number of rotatable bonds is 5. The van der Waals surface area contributed by atoms with Crippen LogP contribution < -0.4 is 5.32 Å². The maximum Gasteiger partial charge on any atom is 0.239 e. The van der Waals surface area contributed by atoms with Gasteiger partial charge in [-0.2, -0.15) is 5.10 Å². The first-order valence-electron chi connectivity index (χ1n) is 7.93. The van der Waals surface area contributed by atoms with Crippen molar-refractivity contribution in [2.24, 2.45) is 7.05 Å². The molecule has 0 aliphatic carbocycles. The lowest BCUT2D eigenvalue weighted by atomic mass is 10.2. The van der Waals surface area contributed by atoms with Crippen molar-refractivity contribution in [3.05, 3.63) is 47.9 Å². The summed E-state index contributed by atoms with van der Waals surface area (Å²) in [6.45, 7) is 4.19. The molecular formula is C18H22N4O2. The highest BCUT2D eigenvalue weighted by molar-refractivity contribution is 5.91. The second-order valence-electron chi connectivity index (χ2n) is 6.12. The monoisotopic (exact) mass is 326 g/mol. The highest BCUT2D eigenvalue weighted by Crippen LogP contribution is 2.26. The first kappa shape index (κ1) is 16.3. The number of hydrogen-bond donors (Lipinski definition) is 1. The highest BCUT2D eigenvalue weighted by atomic mass is 16.3. The van der Waals surface area contributed by atoms with E-state index in [1.807, 2.05) is 69.2 Å². The minimum Gasteiger partial charge on any atom is -0.459 e. The Hall–Kier alpha value is -2.60. The van der Waals surface area contributed by atoms with Gasteiger partial charge >= 0.3 is 0 Å². The van der Waals surface area contributed by atoms with Gasteiger partial charge in [0.15, 0.2) is 0 Å². The van der Waals surface area contributed by atoms with Gasteiger partial charge < -0.3 is 9.73 Å². The van der Waals surface area contributed by atoms with Crippen LogP contribution in [0.25, 0.3) is 11.0 Å². The number of hydrogen-bond acceptors (Lipinski definition) is 4. The molecule has 6 heteroatoms. The number of aromatic nitrogens is 2. The fraction of sp³-hybridized carbons (Fsp3) is 0.333. The molecule has 3 aromatic rings. The molecule has 0 unspecified atom stereocenters. The van der Waals surface area contributed by atoms with E-state index in [9.17, 15) is 4.79 Å². The van der Waals surface area contributed by atoms with Gasteiger partial charge in [0.25, 0.3) is 0 Å². The summed E-state index contributed by atoms with van der Waals surface area (Å²) in [5.74, 6) is 1.47. The number of carbonyl (C=O) groups excluding carboxylic acids is 1. The van der Waals surface area contributed by atoms with Crippen molar-refractivity contribution >= 4 is 22.7 Å². The van der Waals surface area contributed by atoms with Crippen molar-refractivity contribution < 1.29 is 9.21 Å². The number of amides is 1. The van der Waals surface area contributed by atoms with E-state index in [1.54, 1.807) is 4.68 Å². The molecule has 2 heterocycles. The van der Waals surface area contributed by atoms with E-state index in [-0.39, 0.29) is 18.5 Å². The molecule has 6 nitrogen and oxygen atoms in total. The van der Waals surface area contributed by atoms with Crippen LogP contribution in [0.2, 0.25) is 0 Å². The quantitative estimate of drug-likeness (QED) is 0.782. The Morgan fingerprint density at radius 2 is 2.12 bits per heavy atom. The molecule has 3 rings (SSSR count). The van der Waals surface area contributed by atoms with Crippen LogP contribution in [0.3, 0.4) is 0 Å². The average molecular weight is 326 g/mol. The number of anilines is 1. The summed E-state index contributed by atoms with van der Waals surface area (Å²) in [6.07, 6.45) is 0. The van der Waals surface area contributed by atoms with Gasteiger partial charge in [-0.05, 0) is 33.0 Å². The van der Waals surface area contributed by atoms with Crippen LogP contribution in [-0.4, -0.2) is 34.2 Å². The van der Waals surface area contributed by atoms with Gasteiger partial charge in [-0.25, -0.2) is 0 Å². The highest BCUT2D eigenvalue weighted by Gasteiger charge is 2.19. The number of carbonyl (C=O) groups is 1. The fourth-order valence-electron chi connectivity index (χ4n) is 2.70. The van der Waals surface area contributed by atoms with Gasteiger partial charge in [0.2, 0.25) is 5.91 Å². The largest absolute Gasteiger partial charge is 0.459 e. The molecule has 1 N–H and O–H groups in total. The zero-order valence-electron chi connectivity index (χ0n) is 14.4. The topological polar surface area (TPSA) is 63.3 Å². The van der Waals surface area contributed by atoms with E-state index in [1.165, 1.54) is 0 Å². The van der Waals surface area contributed by atoms with Crippen molar-refractivity contribution in [2.45, 2.75) is 19.9 Å². The molecule has 2 aromatic heterocycles. The number of benzene rings is 1. The summed E-state index contributed by atoms with van der Waals surface area (Å²) in [7, 11) is 3.72. The Morgan fingerprint density at radius 1 is 1.38 bits per heavy atom. The summed E-state index contributed by atoms with van der Waals surface area (Å²) >= 11 is 0. The Balaban J connectivity index is 1.66. The molecule has 126 valence electrons. The predicted molar refractivity (Wildman–Crippen MR) is 93.8 cm³/mol. The van der Waals surface area contributed by atoms with Crippen LogP contribution in [0, 0.1) is 6.92 Å². The van der Waals surface area contributed by atoms with Crippen LogP contribution >= 0.6 is 0 Å². The molecule has 0 fully saturated rings. The van der Waals surface area contributed by atoms with Crippen molar-refractivity contribution in [1.82, 2.24) is 14.7 Å². The SMILES string of the molecule is Cc1cc(NC(=O)CN(C)[C@@H](C)c2cc3ccccc3o2)n(C)n1. The van der Waals surface area contributed by atoms with E-state index >= 15 is 0 Å². The molecule has 0 aliphatic rings. The average Bonchev–Trinajstić information content (AvgIpc) is 3.09. The Labute approximate surface area is 141 Å². The van der Waals surface area contributed by atoms with Crippen LogP contribution in [0.4, 0.5) is 5.82 Å². The van der Waals surface area contributed by atoms with Crippen LogP contribution in [0.15, 0.2) is 40.8 Å². The van der Waals surface area contributed by atoms with Crippen molar-refractivity contribution in [3.63, 3.8) is 0 Å². The van der Waals surface area contributed by atoms with Gasteiger partial charge in [0.1, 0.15) is 17.2 Å². The molecular weight excluding hydrogens is 304 g/mol. The molecule has 0 spiro atoms. The maximum atomic E-state index is 12.3. The lowest BCUT2D eigenvalue weighted by Crippen LogP contribution is -2.32. The maximum absolute atomic E-state index is 12.3. The Morgan fingerprint density at radius 3 is 2.79 bits per heavy atom. The van der Waals surface area contributed by atoms with E-state index in [2.05, 4.69) is 10.4 Å². The summed E-state index contributed by atoms with van der Waals surface area (Å²) in [4.78, 5) is 14.2. The second kappa shape index (κ2) is 6.49. The summed E-state index contributed by atoms with van der Waals surface area (Å²) in [5, 5.41) is 8.18. The first-order valence-corrected chi connectivity index (χ1v) is 7.93. The lowest BCUT2D eigenvalue weighted by Gasteiger charge is -2.22. The van der Waals surface area contributed by atoms with Gasteiger partial charge in [0, 0.05) is 18.5 Å². The number of likely N-dealkylation sites (N-methyl/N-ethyl adjacent to an activating group) is 1. The molecule has 1 amide bonds. The zero-order chi connectivity index (χ0) is 17.3. The number of nitrogens with one attached hydrogen (secondary N) is 1. The number of fused-ring (bicyclic) bond motifs is 1. The van der Waals surface area contributed by atoms with Gasteiger partial charge in [-0.15, -0.1) is 0 Å². The Bertz CT molecular complexity index is 832. The standard InChI is InChI=1S/C18H22N4O2/c1-12-9-17(22(4)20-12)19-18(23)11-21(3)13(2)16-10-14-7-5-6-8-15(14)24-16/h5-10,13H,11H2,1-4H3,(H,19,23)/t13-/m0/s1. The zero-order valence-corrected chi connectivity index (χ0v) is 14.4. The molecule has 0 radical (unpaired) electrons. The molecule has 0 saturated heterocycles. The van der Waals surface area contributed by atoms with E-state index < -0.39 is 0 Å². The molecule has 1 atom stereocenters. The normalized spacial score (nSPS) is 12.7. The third-order valence-corrected chi connectivity index (χ3v) is 4.18. The first-order chi connectivity index (χ1) is 11.4. The van der Waals surface area contributed by atoms with Crippen molar-refractivity contribution in [3.8, 4) is 0 Å². The lowest BCUT2D eigenvalue weighted by molar-refractivity contribution is -0.117. The number of aryl methyl sites for hydroxylation is 2. The minimum atomic E-state index is -0.0801. The Kier molecular flexibility index (Phi) is 4.40. The van der Waals surface area contributed by atoms with Crippen LogP contribution in [0.1, 0.15) is 24.4 Å². The number of para-hydroxylation sites is 1. The van der Waals surface area contributed by atoms with Gasteiger partial charge in [-0.1, -0.05) is 18.2 Å². The van der Waals surface area contributed by atoms with E-state index in [0.29, 0.717) is 5.82 Å². The molecule has 0 saturated carbocycles. The second-order valence-corrected chi connectivity index (χ2v) is 6.12. The van der Waals surface area contributed by atoms with E-state index in [4.69, 9.17) is 4.42 Å². The molecule has 0 bridgehead atoms. The third-order valence-electron chi connectivity index (χ3n) is 4.18. The molecule has 0 aliphatic heterocycles. The number of furan rings is 1. The smallest absolute Gasteiger partial charge is 0.239 e. The molecule has 1 aromatic carbocycles. The van der Waals surface area contributed by atoms with E-state index in [0.717, 1.165) is 22.4 Å². The summed E-state index contributed by atoms with van der Waals surface area (Å²) in [5.41, 5.74) is 1.74. The van der Waals surface area contributed by atoms with Gasteiger partial charge in [-0.3, -0.25) is 14.4 Å². The third kappa shape index (κ3) is 3.33. The summed E-state index contributed by atoms with van der Waals surface area (Å²) in [6, 6.07) is 11.8. The van der Waals surface area contributed by atoms with Crippen molar-refractivity contribution in [2.75, 3.05) is 18.9 Å². The van der Waals surface area contributed by atoms with Gasteiger partial charge in [0.05, 0.1) is 18.3 Å².